The maximum absolute atomic E-state index is 12.5. The molecule has 0 spiro atoms. The summed E-state index contributed by atoms with van der Waals surface area (Å²) in [4.78, 5) is 27.1. The molecule has 9 heteroatoms. The Bertz CT molecular complexity index is 1080. The Labute approximate surface area is 198 Å². The highest BCUT2D eigenvalue weighted by Crippen LogP contribution is 2.21. The largest absolute Gasteiger partial charge is 0.352 e. The number of para-hydroxylation sites is 1. The first-order valence-electron chi connectivity index (χ1n) is 11.0. The number of anilines is 2. The summed E-state index contributed by atoms with van der Waals surface area (Å²) in [5, 5.41) is 13.1. The Morgan fingerprint density at radius 3 is 2.61 bits per heavy atom. The second-order valence-electron chi connectivity index (χ2n) is 7.42. The number of nitrogens with one attached hydrogen (secondary N) is 3. The van der Waals surface area contributed by atoms with Crippen LogP contribution in [0.4, 0.5) is 16.2 Å². The summed E-state index contributed by atoms with van der Waals surface area (Å²) in [6, 6.07) is 13.7. The van der Waals surface area contributed by atoms with Crippen molar-refractivity contribution in [1.82, 2.24) is 20.0 Å². The molecular formula is C24H29ClN6O2. The zero-order valence-corrected chi connectivity index (χ0v) is 19.6. The Morgan fingerprint density at radius 2 is 1.85 bits per heavy atom. The standard InChI is InChI=1S/C24H29ClN6O2/c1-3-30(4-2)14-8-13-26-23(32)18-9-7-10-20(15-18)31-17-19(16-27-31)28-24(33)29-22-12-6-5-11-21(22)25/h5-7,9-12,15-17H,3-4,8,13-14H2,1-2H3,(H,26,32)(H2,28,29,33). The van der Waals surface area contributed by atoms with Gasteiger partial charge in [0.05, 0.1) is 34.5 Å². The number of benzene rings is 2. The fourth-order valence-corrected chi connectivity index (χ4v) is 3.49. The molecule has 3 aromatic rings. The number of halogens is 1. The van der Waals surface area contributed by atoms with Crippen molar-refractivity contribution in [3.8, 4) is 5.69 Å². The molecule has 0 radical (unpaired) electrons. The third-order valence-corrected chi connectivity index (χ3v) is 5.50. The van der Waals surface area contributed by atoms with E-state index in [1.165, 1.54) is 6.20 Å². The molecule has 0 unspecified atom stereocenters. The average molecular weight is 469 g/mol. The first kappa shape index (κ1) is 24.3. The van der Waals surface area contributed by atoms with E-state index in [4.69, 9.17) is 11.6 Å². The quantitative estimate of drug-likeness (QED) is 0.378. The lowest BCUT2D eigenvalue weighted by atomic mass is 10.2. The number of carbonyl (C=O) groups excluding carboxylic acids is 2. The minimum atomic E-state index is -0.430. The van der Waals surface area contributed by atoms with E-state index in [0.717, 1.165) is 26.1 Å². The minimum Gasteiger partial charge on any atom is -0.352 e. The molecule has 174 valence electrons. The fraction of sp³-hybridized carbons (Fsp3) is 0.292. The second kappa shape index (κ2) is 12.0. The maximum Gasteiger partial charge on any atom is 0.323 e. The number of nitrogens with zero attached hydrogens (tertiary/aromatic N) is 3. The summed E-state index contributed by atoms with van der Waals surface area (Å²) in [6.45, 7) is 7.87. The molecule has 3 N–H and O–H groups in total. The molecule has 0 atom stereocenters. The van der Waals surface area contributed by atoms with Crippen molar-refractivity contribution in [3.05, 3.63) is 71.5 Å². The van der Waals surface area contributed by atoms with E-state index in [1.807, 2.05) is 6.07 Å². The molecule has 1 aromatic heterocycles. The summed E-state index contributed by atoms with van der Waals surface area (Å²) >= 11 is 6.07. The monoisotopic (exact) mass is 468 g/mol. The van der Waals surface area contributed by atoms with Crippen molar-refractivity contribution in [2.45, 2.75) is 20.3 Å². The van der Waals surface area contributed by atoms with Gasteiger partial charge in [-0.3, -0.25) is 4.79 Å². The van der Waals surface area contributed by atoms with Gasteiger partial charge in [0.2, 0.25) is 0 Å². The topological polar surface area (TPSA) is 91.3 Å². The van der Waals surface area contributed by atoms with Crippen molar-refractivity contribution in [1.29, 1.82) is 0 Å². The predicted molar refractivity (Wildman–Crippen MR) is 132 cm³/mol. The van der Waals surface area contributed by atoms with E-state index in [-0.39, 0.29) is 5.91 Å². The number of carbonyl (C=O) groups is 2. The van der Waals surface area contributed by atoms with Crippen LogP contribution in [-0.4, -0.2) is 52.8 Å². The average Bonchev–Trinajstić information content (AvgIpc) is 3.29. The van der Waals surface area contributed by atoms with E-state index in [2.05, 4.69) is 39.8 Å². The Balaban J connectivity index is 1.56. The highest BCUT2D eigenvalue weighted by molar-refractivity contribution is 6.33. The molecule has 0 aliphatic carbocycles. The molecule has 0 saturated heterocycles. The molecule has 0 aliphatic rings. The molecule has 0 aliphatic heterocycles. The lowest BCUT2D eigenvalue weighted by Gasteiger charge is -2.17. The van der Waals surface area contributed by atoms with Crippen LogP contribution in [-0.2, 0) is 0 Å². The van der Waals surface area contributed by atoms with E-state index in [1.54, 1.807) is 53.3 Å². The highest BCUT2D eigenvalue weighted by Gasteiger charge is 2.10. The van der Waals surface area contributed by atoms with Crippen molar-refractivity contribution in [3.63, 3.8) is 0 Å². The maximum atomic E-state index is 12.5. The molecular weight excluding hydrogens is 440 g/mol. The van der Waals surface area contributed by atoms with E-state index in [9.17, 15) is 9.59 Å². The first-order valence-corrected chi connectivity index (χ1v) is 11.4. The number of hydrogen-bond acceptors (Lipinski definition) is 4. The lowest BCUT2D eigenvalue weighted by Crippen LogP contribution is -2.29. The third kappa shape index (κ3) is 7.06. The predicted octanol–water partition coefficient (Wildman–Crippen LogP) is 4.63. The van der Waals surface area contributed by atoms with Crippen LogP contribution >= 0.6 is 11.6 Å². The van der Waals surface area contributed by atoms with Gasteiger partial charge in [-0.15, -0.1) is 0 Å². The van der Waals surface area contributed by atoms with Crippen LogP contribution in [0.5, 0.6) is 0 Å². The summed E-state index contributed by atoms with van der Waals surface area (Å²) < 4.78 is 1.60. The van der Waals surface area contributed by atoms with Gasteiger partial charge in [0.15, 0.2) is 0 Å². The minimum absolute atomic E-state index is 0.124. The molecule has 1 heterocycles. The van der Waals surface area contributed by atoms with Crippen molar-refractivity contribution >= 4 is 34.9 Å². The first-order chi connectivity index (χ1) is 16.0. The third-order valence-electron chi connectivity index (χ3n) is 5.17. The van der Waals surface area contributed by atoms with E-state index in [0.29, 0.717) is 34.2 Å². The number of amides is 3. The SMILES string of the molecule is CCN(CC)CCCNC(=O)c1cccc(-n2cc(NC(=O)Nc3ccccc3Cl)cn2)c1. The lowest BCUT2D eigenvalue weighted by molar-refractivity contribution is 0.0951. The molecule has 3 amide bonds. The van der Waals surface area contributed by atoms with Crippen LogP contribution < -0.4 is 16.0 Å². The van der Waals surface area contributed by atoms with Gasteiger partial charge in [-0.2, -0.15) is 5.10 Å². The highest BCUT2D eigenvalue weighted by atomic mass is 35.5. The normalized spacial score (nSPS) is 10.8. The van der Waals surface area contributed by atoms with Crippen LogP contribution in [0, 0.1) is 0 Å². The zero-order chi connectivity index (χ0) is 23.6. The number of aromatic nitrogens is 2. The Hall–Kier alpha value is -3.36. The molecule has 33 heavy (non-hydrogen) atoms. The smallest absolute Gasteiger partial charge is 0.323 e. The fourth-order valence-electron chi connectivity index (χ4n) is 3.31. The van der Waals surface area contributed by atoms with Crippen molar-refractivity contribution < 1.29 is 9.59 Å². The van der Waals surface area contributed by atoms with Crippen molar-refractivity contribution in [2.24, 2.45) is 0 Å². The molecule has 2 aromatic carbocycles. The Morgan fingerprint density at radius 1 is 1.06 bits per heavy atom. The number of hydrogen-bond donors (Lipinski definition) is 3. The van der Waals surface area contributed by atoms with Gasteiger partial charge in [0.25, 0.3) is 5.91 Å². The van der Waals surface area contributed by atoms with Gasteiger partial charge in [-0.25, -0.2) is 9.48 Å². The van der Waals surface area contributed by atoms with E-state index < -0.39 is 6.03 Å². The van der Waals surface area contributed by atoms with Crippen LogP contribution in [0.15, 0.2) is 60.9 Å². The van der Waals surface area contributed by atoms with Gasteiger partial charge in [0, 0.05) is 12.1 Å². The summed E-state index contributed by atoms with van der Waals surface area (Å²) in [5.41, 5.74) is 2.29. The van der Waals surface area contributed by atoms with Crippen molar-refractivity contribution in [2.75, 3.05) is 36.8 Å². The van der Waals surface area contributed by atoms with Gasteiger partial charge < -0.3 is 20.9 Å². The van der Waals surface area contributed by atoms with Gasteiger partial charge in [0.1, 0.15) is 0 Å². The van der Waals surface area contributed by atoms with E-state index >= 15 is 0 Å². The summed E-state index contributed by atoms with van der Waals surface area (Å²) in [5.74, 6) is -0.124. The molecule has 0 fully saturated rings. The molecule has 0 saturated carbocycles. The van der Waals surface area contributed by atoms with Gasteiger partial charge in [-0.05, 0) is 56.4 Å². The second-order valence-corrected chi connectivity index (χ2v) is 7.83. The molecule has 3 rings (SSSR count). The number of urea groups is 1. The van der Waals surface area contributed by atoms with Crippen LogP contribution in [0.25, 0.3) is 5.69 Å². The van der Waals surface area contributed by atoms with Crippen LogP contribution in [0.2, 0.25) is 5.02 Å². The summed E-state index contributed by atoms with van der Waals surface area (Å²) in [6.07, 6.45) is 4.11. The van der Waals surface area contributed by atoms with Crippen LogP contribution in [0.3, 0.4) is 0 Å². The van der Waals surface area contributed by atoms with Gasteiger partial charge >= 0.3 is 6.03 Å². The molecule has 8 nitrogen and oxygen atoms in total. The molecule has 0 bridgehead atoms. The van der Waals surface area contributed by atoms with Crippen LogP contribution in [0.1, 0.15) is 30.6 Å². The van der Waals surface area contributed by atoms with Gasteiger partial charge in [-0.1, -0.05) is 43.6 Å². The summed E-state index contributed by atoms with van der Waals surface area (Å²) in [7, 11) is 0. The Kier molecular flexibility index (Phi) is 8.86. The zero-order valence-electron chi connectivity index (χ0n) is 18.8. The number of rotatable bonds is 10.